The number of amides is 2. The zero-order valence-electron chi connectivity index (χ0n) is 8.14. The van der Waals surface area contributed by atoms with E-state index in [0.717, 1.165) is 0 Å². The minimum Gasteiger partial charge on any atom is -0.453 e. The highest BCUT2D eigenvalue weighted by molar-refractivity contribution is 6.08. The molecule has 0 radical (unpaired) electrons. The molecule has 5 nitrogen and oxygen atoms in total. The number of carbonyl (C=O) groups excluding carboxylic acids is 2. The molecule has 0 spiro atoms. The van der Waals surface area contributed by atoms with E-state index in [0.29, 0.717) is 12.0 Å². The maximum Gasteiger partial charge on any atom is 0.412 e. The van der Waals surface area contributed by atoms with E-state index in [2.05, 4.69) is 15.0 Å². The lowest BCUT2D eigenvalue weighted by Gasteiger charge is -2.05. The summed E-state index contributed by atoms with van der Waals surface area (Å²) in [7, 11) is 1.23. The molecule has 0 aliphatic carbocycles. The van der Waals surface area contributed by atoms with Crippen LogP contribution in [0.4, 0.5) is 4.79 Å². The van der Waals surface area contributed by atoms with Crippen molar-refractivity contribution in [1.82, 2.24) is 5.32 Å². The number of methoxy groups -OCH3 is 1. The number of hydrogen-bond acceptors (Lipinski definition) is 3. The molecule has 1 rings (SSSR count). The zero-order valence-corrected chi connectivity index (χ0v) is 8.14. The molecule has 15 heavy (non-hydrogen) atoms. The molecule has 0 saturated carbocycles. The quantitative estimate of drug-likeness (QED) is 0.445. The summed E-state index contributed by atoms with van der Waals surface area (Å²) in [4.78, 5) is 24.7. The van der Waals surface area contributed by atoms with Crippen molar-refractivity contribution in [3.8, 4) is 0 Å². The molecule has 0 fully saturated rings. The van der Waals surface area contributed by atoms with Gasteiger partial charge in [0.2, 0.25) is 6.41 Å². The van der Waals surface area contributed by atoms with Gasteiger partial charge in [0.15, 0.2) is 0 Å². The smallest absolute Gasteiger partial charge is 0.412 e. The van der Waals surface area contributed by atoms with Gasteiger partial charge in [0.1, 0.15) is 5.84 Å². The van der Waals surface area contributed by atoms with Gasteiger partial charge in [0.25, 0.3) is 0 Å². The number of benzene rings is 1. The Morgan fingerprint density at radius 3 is 2.60 bits per heavy atom. The van der Waals surface area contributed by atoms with Crippen molar-refractivity contribution >= 4 is 18.3 Å². The standard InChI is InChI=1S/C10H10N2O3/c1-15-10(14)12-9(11-7-13)8-5-3-2-4-6-8/h2-7H,1H3,(H,11,12,13,14). The number of carbonyl (C=O) groups is 2. The van der Waals surface area contributed by atoms with Crippen molar-refractivity contribution in [2.45, 2.75) is 0 Å². The summed E-state index contributed by atoms with van der Waals surface area (Å²) in [6.45, 7) is 0. The van der Waals surface area contributed by atoms with Gasteiger partial charge in [0.05, 0.1) is 7.11 Å². The van der Waals surface area contributed by atoms with Crippen LogP contribution in [0.15, 0.2) is 35.3 Å². The van der Waals surface area contributed by atoms with Crippen LogP contribution in [-0.2, 0) is 9.53 Å². The fraction of sp³-hybridized carbons (Fsp3) is 0.100. The molecular formula is C10H10N2O3. The van der Waals surface area contributed by atoms with Crippen molar-refractivity contribution in [3.05, 3.63) is 35.9 Å². The fourth-order valence-electron chi connectivity index (χ4n) is 0.975. The lowest BCUT2D eigenvalue weighted by molar-refractivity contribution is -0.106. The molecule has 5 heteroatoms. The Bertz CT molecular complexity index is 374. The molecule has 2 amide bonds. The number of rotatable bonds is 2. The van der Waals surface area contributed by atoms with E-state index in [-0.39, 0.29) is 5.84 Å². The second-order valence-electron chi connectivity index (χ2n) is 2.57. The van der Waals surface area contributed by atoms with Crippen molar-refractivity contribution in [3.63, 3.8) is 0 Å². The average molecular weight is 206 g/mol. The Labute approximate surface area is 86.8 Å². The molecule has 0 saturated heterocycles. The first-order valence-corrected chi connectivity index (χ1v) is 4.19. The van der Waals surface area contributed by atoms with Crippen LogP contribution in [0.3, 0.4) is 0 Å². The minimum absolute atomic E-state index is 0.164. The number of alkyl carbamates (subject to hydrolysis) is 1. The van der Waals surface area contributed by atoms with Gasteiger partial charge in [-0.3, -0.25) is 10.1 Å². The second kappa shape index (κ2) is 5.54. The molecule has 0 atom stereocenters. The number of aliphatic imine (C=N–C) groups is 1. The molecule has 0 aliphatic rings. The average Bonchev–Trinajstić information content (AvgIpc) is 2.29. The summed E-state index contributed by atoms with van der Waals surface area (Å²) in [6.07, 6.45) is -0.308. The maximum absolute atomic E-state index is 10.9. The number of ether oxygens (including phenoxy) is 1. The van der Waals surface area contributed by atoms with E-state index in [9.17, 15) is 9.59 Å². The third kappa shape index (κ3) is 3.22. The van der Waals surface area contributed by atoms with Crippen LogP contribution in [0.5, 0.6) is 0 Å². The zero-order chi connectivity index (χ0) is 11.1. The summed E-state index contributed by atoms with van der Waals surface area (Å²) in [6, 6.07) is 8.81. The Hall–Kier alpha value is -2.17. The van der Waals surface area contributed by atoms with E-state index < -0.39 is 6.09 Å². The highest BCUT2D eigenvalue weighted by Crippen LogP contribution is 1.99. The molecule has 78 valence electrons. The highest BCUT2D eigenvalue weighted by atomic mass is 16.5. The third-order valence-electron chi connectivity index (χ3n) is 1.63. The summed E-state index contributed by atoms with van der Waals surface area (Å²) in [5.74, 6) is 0.164. The molecule has 0 aromatic heterocycles. The topological polar surface area (TPSA) is 67.8 Å². The highest BCUT2D eigenvalue weighted by Gasteiger charge is 2.06. The van der Waals surface area contributed by atoms with Gasteiger partial charge in [0, 0.05) is 5.56 Å². The normalized spacial score (nSPS) is 10.6. The molecule has 0 unspecified atom stereocenters. The lowest BCUT2D eigenvalue weighted by atomic mass is 10.2. The van der Waals surface area contributed by atoms with Crippen LogP contribution >= 0.6 is 0 Å². The Kier molecular flexibility index (Phi) is 4.03. The summed E-state index contributed by atoms with van der Waals surface area (Å²) in [5.41, 5.74) is 0.634. The molecule has 0 heterocycles. The van der Waals surface area contributed by atoms with E-state index in [1.165, 1.54) is 7.11 Å². The Morgan fingerprint density at radius 2 is 2.07 bits per heavy atom. The first kappa shape index (κ1) is 10.9. The fourth-order valence-corrected chi connectivity index (χ4v) is 0.975. The van der Waals surface area contributed by atoms with E-state index >= 15 is 0 Å². The second-order valence-corrected chi connectivity index (χ2v) is 2.57. The van der Waals surface area contributed by atoms with E-state index in [4.69, 9.17) is 0 Å². The largest absolute Gasteiger partial charge is 0.453 e. The van der Waals surface area contributed by atoms with Crippen molar-refractivity contribution in [2.24, 2.45) is 4.99 Å². The molecule has 0 bridgehead atoms. The molecular weight excluding hydrogens is 196 g/mol. The Balaban J connectivity index is 2.89. The first-order valence-electron chi connectivity index (χ1n) is 4.19. The molecule has 1 aromatic carbocycles. The first-order chi connectivity index (χ1) is 7.27. The monoisotopic (exact) mass is 206 g/mol. The number of nitrogens with zero attached hydrogens (tertiary/aromatic N) is 1. The van der Waals surface area contributed by atoms with Crippen LogP contribution in [0.2, 0.25) is 0 Å². The lowest BCUT2D eigenvalue weighted by Crippen LogP contribution is -2.31. The van der Waals surface area contributed by atoms with Gasteiger partial charge >= 0.3 is 6.09 Å². The third-order valence-corrected chi connectivity index (χ3v) is 1.63. The summed E-state index contributed by atoms with van der Waals surface area (Å²) in [5, 5.41) is 2.34. The maximum atomic E-state index is 10.9. The van der Waals surface area contributed by atoms with Crippen molar-refractivity contribution in [1.29, 1.82) is 0 Å². The molecule has 1 aromatic rings. The number of nitrogens with one attached hydrogen (secondary N) is 1. The SMILES string of the molecule is COC(=O)NC(=NC=O)c1ccccc1. The minimum atomic E-state index is -0.667. The Morgan fingerprint density at radius 1 is 1.40 bits per heavy atom. The predicted molar refractivity (Wildman–Crippen MR) is 54.6 cm³/mol. The van der Waals surface area contributed by atoms with Crippen LogP contribution in [-0.4, -0.2) is 25.4 Å². The van der Waals surface area contributed by atoms with Gasteiger partial charge in [-0.25, -0.2) is 4.79 Å². The van der Waals surface area contributed by atoms with Crippen molar-refractivity contribution in [2.75, 3.05) is 7.11 Å². The predicted octanol–water partition coefficient (Wildman–Crippen LogP) is 0.946. The summed E-state index contributed by atoms with van der Waals surface area (Å²) < 4.78 is 4.40. The van der Waals surface area contributed by atoms with Crippen LogP contribution in [0.1, 0.15) is 5.56 Å². The van der Waals surface area contributed by atoms with Crippen LogP contribution in [0.25, 0.3) is 0 Å². The van der Waals surface area contributed by atoms with Crippen molar-refractivity contribution < 1.29 is 14.3 Å². The van der Waals surface area contributed by atoms with Gasteiger partial charge in [-0.15, -0.1) is 0 Å². The van der Waals surface area contributed by atoms with Gasteiger partial charge in [-0.1, -0.05) is 30.3 Å². The number of amidine groups is 1. The van der Waals surface area contributed by atoms with E-state index in [1.807, 2.05) is 6.07 Å². The van der Waals surface area contributed by atoms with Crippen LogP contribution in [0, 0.1) is 0 Å². The molecule has 1 N–H and O–H groups in total. The van der Waals surface area contributed by atoms with E-state index in [1.54, 1.807) is 24.3 Å². The van der Waals surface area contributed by atoms with Gasteiger partial charge in [-0.2, -0.15) is 4.99 Å². The number of hydrogen-bond donors (Lipinski definition) is 1. The van der Waals surface area contributed by atoms with Crippen LogP contribution < -0.4 is 5.32 Å². The van der Waals surface area contributed by atoms with Gasteiger partial charge in [-0.05, 0) is 0 Å². The van der Waals surface area contributed by atoms with Gasteiger partial charge < -0.3 is 4.74 Å². The summed E-state index contributed by atoms with van der Waals surface area (Å²) >= 11 is 0. The molecule has 0 aliphatic heterocycles.